The van der Waals surface area contributed by atoms with Crippen molar-refractivity contribution in [2.24, 2.45) is 11.7 Å². The zero-order valence-electron chi connectivity index (χ0n) is 11.6. The Morgan fingerprint density at radius 3 is 2.89 bits per heavy atom. The summed E-state index contributed by atoms with van der Waals surface area (Å²) in [6.07, 6.45) is 6.36. The number of likely N-dealkylation sites (tertiary alicyclic amines) is 1. The minimum Gasteiger partial charge on any atom is -0.337 e. The lowest BCUT2D eigenvalue weighted by Gasteiger charge is -2.20. The Balaban J connectivity index is 2.01. The maximum absolute atomic E-state index is 12.4. The molecule has 2 rings (SSSR count). The average Bonchev–Trinajstić information content (AvgIpc) is 2.72. The molecule has 4 nitrogen and oxygen atoms in total. The van der Waals surface area contributed by atoms with E-state index in [2.05, 4.69) is 11.9 Å². The maximum Gasteiger partial charge on any atom is 0.272 e. The van der Waals surface area contributed by atoms with E-state index < -0.39 is 0 Å². The highest BCUT2D eigenvalue weighted by atomic mass is 16.2. The van der Waals surface area contributed by atoms with Crippen LogP contribution < -0.4 is 5.73 Å². The summed E-state index contributed by atoms with van der Waals surface area (Å²) in [6.45, 7) is 4.41. The third kappa shape index (κ3) is 3.53. The van der Waals surface area contributed by atoms with Crippen LogP contribution >= 0.6 is 0 Å². The monoisotopic (exact) mass is 261 g/mol. The number of amides is 1. The van der Waals surface area contributed by atoms with Crippen LogP contribution in [0.15, 0.2) is 18.3 Å². The van der Waals surface area contributed by atoms with Gasteiger partial charge < -0.3 is 10.6 Å². The van der Waals surface area contributed by atoms with Crippen LogP contribution in [0.4, 0.5) is 0 Å². The van der Waals surface area contributed by atoms with Crippen molar-refractivity contribution >= 4 is 5.91 Å². The van der Waals surface area contributed by atoms with Crippen molar-refractivity contribution in [1.29, 1.82) is 0 Å². The summed E-state index contributed by atoms with van der Waals surface area (Å²) in [6, 6.07) is 3.67. The van der Waals surface area contributed by atoms with Crippen LogP contribution in [0.25, 0.3) is 0 Å². The van der Waals surface area contributed by atoms with E-state index in [1.54, 1.807) is 12.3 Å². The van der Waals surface area contributed by atoms with E-state index >= 15 is 0 Å². The van der Waals surface area contributed by atoms with Crippen LogP contribution in [0.2, 0.25) is 0 Å². The van der Waals surface area contributed by atoms with E-state index in [0.29, 0.717) is 12.2 Å². The Morgan fingerprint density at radius 2 is 2.26 bits per heavy atom. The van der Waals surface area contributed by atoms with Crippen LogP contribution in [0.1, 0.15) is 48.7 Å². The topological polar surface area (TPSA) is 59.2 Å². The van der Waals surface area contributed by atoms with Gasteiger partial charge in [0.15, 0.2) is 0 Å². The van der Waals surface area contributed by atoms with Crippen molar-refractivity contribution in [2.75, 3.05) is 13.1 Å². The first kappa shape index (κ1) is 14.0. The van der Waals surface area contributed by atoms with Crippen molar-refractivity contribution in [3.8, 4) is 0 Å². The molecule has 0 spiro atoms. The van der Waals surface area contributed by atoms with E-state index in [4.69, 9.17) is 5.73 Å². The summed E-state index contributed by atoms with van der Waals surface area (Å²) in [4.78, 5) is 18.5. The maximum atomic E-state index is 12.4. The molecule has 1 amide bonds. The number of hydrogen-bond acceptors (Lipinski definition) is 3. The molecule has 2 heterocycles. The molecular formula is C15H23N3O. The predicted molar refractivity (Wildman–Crippen MR) is 75.7 cm³/mol. The van der Waals surface area contributed by atoms with Gasteiger partial charge in [0, 0.05) is 25.8 Å². The molecule has 1 aliphatic rings. The van der Waals surface area contributed by atoms with Crippen molar-refractivity contribution in [3.05, 3.63) is 29.6 Å². The molecule has 2 N–H and O–H groups in total. The molecule has 104 valence electrons. The fraction of sp³-hybridized carbons (Fsp3) is 0.600. The van der Waals surface area contributed by atoms with Gasteiger partial charge in [-0.25, -0.2) is 0 Å². The number of carbonyl (C=O) groups is 1. The van der Waals surface area contributed by atoms with Crippen molar-refractivity contribution < 1.29 is 4.79 Å². The Morgan fingerprint density at radius 1 is 1.42 bits per heavy atom. The molecule has 4 heteroatoms. The van der Waals surface area contributed by atoms with Crippen molar-refractivity contribution in [3.63, 3.8) is 0 Å². The fourth-order valence-corrected chi connectivity index (χ4v) is 2.61. The van der Waals surface area contributed by atoms with Gasteiger partial charge in [-0.15, -0.1) is 0 Å². The minimum atomic E-state index is 0.0559. The third-order valence-electron chi connectivity index (χ3n) is 3.99. The van der Waals surface area contributed by atoms with Gasteiger partial charge in [-0.05, 0) is 36.8 Å². The summed E-state index contributed by atoms with van der Waals surface area (Å²) < 4.78 is 0. The van der Waals surface area contributed by atoms with Gasteiger partial charge in [-0.3, -0.25) is 9.78 Å². The summed E-state index contributed by atoms with van der Waals surface area (Å²) in [7, 11) is 0. The second-order valence-corrected chi connectivity index (χ2v) is 5.25. The van der Waals surface area contributed by atoms with Gasteiger partial charge >= 0.3 is 0 Å². The Labute approximate surface area is 115 Å². The normalized spacial score (nSPS) is 20.1. The molecule has 1 unspecified atom stereocenters. The number of hydrogen-bond donors (Lipinski definition) is 1. The second kappa shape index (κ2) is 6.66. The molecule has 1 saturated heterocycles. The van der Waals surface area contributed by atoms with E-state index in [-0.39, 0.29) is 5.91 Å². The molecule has 1 aromatic rings. The summed E-state index contributed by atoms with van der Waals surface area (Å²) in [5.41, 5.74) is 7.03. The zero-order valence-corrected chi connectivity index (χ0v) is 11.6. The number of nitrogens with two attached hydrogens (primary N) is 1. The van der Waals surface area contributed by atoms with Gasteiger partial charge in [-0.2, -0.15) is 0 Å². The molecule has 1 aromatic heterocycles. The van der Waals surface area contributed by atoms with Gasteiger partial charge in [0.05, 0.1) is 0 Å². The van der Waals surface area contributed by atoms with Crippen LogP contribution in [0.3, 0.4) is 0 Å². The lowest BCUT2D eigenvalue weighted by molar-refractivity contribution is 0.0754. The second-order valence-electron chi connectivity index (χ2n) is 5.25. The highest BCUT2D eigenvalue weighted by molar-refractivity contribution is 5.92. The highest BCUT2D eigenvalue weighted by Gasteiger charge is 2.21. The highest BCUT2D eigenvalue weighted by Crippen LogP contribution is 2.21. The SMILES string of the molecule is CCC1CCCN(C(=O)c2ccc(CN)cn2)CC1. The van der Waals surface area contributed by atoms with Gasteiger partial charge in [0.1, 0.15) is 5.69 Å². The number of carbonyl (C=O) groups excluding carboxylic acids is 1. The molecule has 0 radical (unpaired) electrons. The Bertz CT molecular complexity index is 416. The molecule has 0 bridgehead atoms. The number of pyridine rings is 1. The minimum absolute atomic E-state index is 0.0559. The molecule has 0 aromatic carbocycles. The average molecular weight is 261 g/mol. The van der Waals surface area contributed by atoms with E-state index in [0.717, 1.165) is 37.4 Å². The summed E-state index contributed by atoms with van der Waals surface area (Å²) in [5.74, 6) is 0.825. The van der Waals surface area contributed by atoms with Crippen LogP contribution in [0.5, 0.6) is 0 Å². The molecule has 1 aliphatic heterocycles. The first-order valence-corrected chi connectivity index (χ1v) is 7.19. The largest absolute Gasteiger partial charge is 0.337 e. The first-order chi connectivity index (χ1) is 9.24. The van der Waals surface area contributed by atoms with Crippen molar-refractivity contribution in [2.45, 2.75) is 39.2 Å². The van der Waals surface area contributed by atoms with Crippen LogP contribution in [-0.2, 0) is 6.54 Å². The zero-order chi connectivity index (χ0) is 13.7. The standard InChI is InChI=1S/C15H23N3O/c1-2-12-4-3-8-18(9-7-12)15(19)14-6-5-13(10-16)11-17-14/h5-6,11-12H,2-4,7-10,16H2,1H3. The molecule has 1 atom stereocenters. The first-order valence-electron chi connectivity index (χ1n) is 7.19. The van der Waals surface area contributed by atoms with Gasteiger partial charge in [0.2, 0.25) is 0 Å². The van der Waals surface area contributed by atoms with Crippen LogP contribution in [-0.4, -0.2) is 28.9 Å². The fourth-order valence-electron chi connectivity index (χ4n) is 2.61. The van der Waals surface area contributed by atoms with Gasteiger partial charge in [0.25, 0.3) is 5.91 Å². The quantitative estimate of drug-likeness (QED) is 0.907. The predicted octanol–water partition coefficient (Wildman–Crippen LogP) is 2.19. The molecule has 1 fully saturated rings. The summed E-state index contributed by atoms with van der Waals surface area (Å²) >= 11 is 0. The van der Waals surface area contributed by atoms with Crippen LogP contribution in [0, 0.1) is 5.92 Å². The lowest BCUT2D eigenvalue weighted by atomic mass is 9.98. The molecule has 19 heavy (non-hydrogen) atoms. The van der Waals surface area contributed by atoms with Crippen molar-refractivity contribution in [1.82, 2.24) is 9.88 Å². The number of nitrogens with zero attached hydrogens (tertiary/aromatic N) is 2. The number of rotatable bonds is 3. The van der Waals surface area contributed by atoms with E-state index in [1.165, 1.54) is 12.8 Å². The Kier molecular flexibility index (Phi) is 4.91. The number of aromatic nitrogens is 1. The molecular weight excluding hydrogens is 238 g/mol. The third-order valence-corrected chi connectivity index (χ3v) is 3.99. The van der Waals surface area contributed by atoms with Gasteiger partial charge in [-0.1, -0.05) is 19.4 Å². The van der Waals surface area contributed by atoms with E-state index in [1.807, 2.05) is 11.0 Å². The Hall–Kier alpha value is -1.42. The van der Waals surface area contributed by atoms with E-state index in [9.17, 15) is 4.79 Å². The molecule has 0 aliphatic carbocycles. The smallest absolute Gasteiger partial charge is 0.272 e. The summed E-state index contributed by atoms with van der Waals surface area (Å²) in [5, 5.41) is 0. The lowest BCUT2D eigenvalue weighted by Crippen LogP contribution is -2.32. The molecule has 0 saturated carbocycles.